The van der Waals surface area contributed by atoms with Crippen LogP contribution in [0.3, 0.4) is 0 Å². The number of aliphatic carboxylic acids is 1. The number of amides is 1. The Balaban J connectivity index is 2.92. The smallest absolute Gasteiger partial charge is 0.323 e. The number of carboxylic acid groups (broad SMARTS) is 1. The van der Waals surface area contributed by atoms with E-state index < -0.39 is 18.4 Å². The summed E-state index contributed by atoms with van der Waals surface area (Å²) in [6, 6.07) is 1.52. The molecule has 1 amide bonds. The molecule has 0 aromatic carbocycles. The molecule has 0 atom stereocenters. The van der Waals surface area contributed by atoms with Crippen LogP contribution in [0, 0.1) is 12.3 Å². The van der Waals surface area contributed by atoms with Crippen molar-refractivity contribution in [3.63, 3.8) is 0 Å². The van der Waals surface area contributed by atoms with E-state index in [1.165, 1.54) is 12.3 Å². The lowest BCUT2D eigenvalue weighted by molar-refractivity contribution is -0.137. The lowest BCUT2D eigenvalue weighted by atomic mass is 10.2. The minimum Gasteiger partial charge on any atom is -0.480 e. The van der Waals surface area contributed by atoms with Crippen LogP contribution in [0.4, 0.5) is 0 Å². The van der Waals surface area contributed by atoms with Crippen molar-refractivity contribution in [1.82, 2.24) is 4.90 Å². The molecule has 0 aliphatic rings. The third-order valence-electron chi connectivity index (χ3n) is 2.19. The lowest BCUT2D eigenvalue weighted by Gasteiger charge is -2.17. The number of nitrogens with zero attached hydrogens (tertiary/aromatic N) is 1. The fourth-order valence-electron chi connectivity index (χ4n) is 1.45. The Morgan fingerprint density at radius 1 is 1.59 bits per heavy atom. The number of furan rings is 1. The van der Waals surface area contributed by atoms with Gasteiger partial charge in [0.05, 0.1) is 18.4 Å². The molecule has 0 bridgehead atoms. The van der Waals surface area contributed by atoms with Crippen molar-refractivity contribution in [1.29, 1.82) is 0 Å². The first-order valence-electron chi connectivity index (χ1n) is 5.11. The fourth-order valence-corrected chi connectivity index (χ4v) is 1.45. The summed E-state index contributed by atoms with van der Waals surface area (Å²) in [7, 11) is 0. The van der Waals surface area contributed by atoms with Gasteiger partial charge in [-0.05, 0) is 6.07 Å². The van der Waals surface area contributed by atoms with Gasteiger partial charge in [-0.3, -0.25) is 9.59 Å². The second-order valence-electron chi connectivity index (χ2n) is 3.37. The van der Waals surface area contributed by atoms with Crippen molar-refractivity contribution in [3.05, 3.63) is 23.7 Å². The Hall–Kier alpha value is -2.22. The van der Waals surface area contributed by atoms with Gasteiger partial charge >= 0.3 is 5.97 Å². The van der Waals surface area contributed by atoms with Crippen molar-refractivity contribution >= 4 is 11.9 Å². The highest BCUT2D eigenvalue weighted by Crippen LogP contribution is 2.13. The van der Waals surface area contributed by atoms with Crippen LogP contribution in [0.25, 0.3) is 0 Å². The van der Waals surface area contributed by atoms with E-state index in [2.05, 4.69) is 5.92 Å². The molecule has 0 saturated heterocycles. The summed E-state index contributed by atoms with van der Waals surface area (Å²) in [5.41, 5.74) is 0.365. The largest absolute Gasteiger partial charge is 0.480 e. The zero-order chi connectivity index (χ0) is 12.8. The number of hydrogen-bond donors (Lipinski definition) is 1. The van der Waals surface area contributed by atoms with Crippen LogP contribution in [-0.2, 0) is 11.2 Å². The van der Waals surface area contributed by atoms with Gasteiger partial charge in [0.15, 0.2) is 0 Å². The van der Waals surface area contributed by atoms with Crippen LogP contribution in [-0.4, -0.2) is 35.0 Å². The average molecular weight is 235 g/mol. The molecule has 1 aromatic heterocycles. The van der Waals surface area contributed by atoms with Crippen LogP contribution < -0.4 is 0 Å². The van der Waals surface area contributed by atoms with Crippen LogP contribution in [0.15, 0.2) is 16.7 Å². The van der Waals surface area contributed by atoms with E-state index in [4.69, 9.17) is 15.9 Å². The molecule has 1 rings (SSSR count). The van der Waals surface area contributed by atoms with Crippen molar-refractivity contribution < 1.29 is 19.1 Å². The summed E-state index contributed by atoms with van der Waals surface area (Å²) in [4.78, 5) is 23.7. The van der Waals surface area contributed by atoms with Crippen LogP contribution in [0.2, 0.25) is 0 Å². The van der Waals surface area contributed by atoms with Gasteiger partial charge in [0.2, 0.25) is 0 Å². The molecular weight excluding hydrogens is 222 g/mol. The van der Waals surface area contributed by atoms with Crippen molar-refractivity contribution in [2.75, 3.05) is 13.1 Å². The lowest BCUT2D eigenvalue weighted by Crippen LogP contribution is -2.36. The molecule has 0 aliphatic carbocycles. The summed E-state index contributed by atoms with van der Waals surface area (Å²) in [6.45, 7) is 1.38. The van der Waals surface area contributed by atoms with Crippen molar-refractivity contribution in [2.45, 2.75) is 13.3 Å². The van der Waals surface area contributed by atoms with E-state index in [9.17, 15) is 9.59 Å². The topological polar surface area (TPSA) is 70.8 Å². The Bertz CT molecular complexity index is 455. The predicted octanol–water partition coefficient (Wildman–Crippen LogP) is 1.00. The minimum atomic E-state index is -1.10. The summed E-state index contributed by atoms with van der Waals surface area (Å²) in [5, 5.41) is 8.70. The van der Waals surface area contributed by atoms with Gasteiger partial charge in [0.1, 0.15) is 12.3 Å². The number of carbonyl (C=O) groups excluding carboxylic acids is 1. The number of carbonyl (C=O) groups is 2. The van der Waals surface area contributed by atoms with E-state index in [1.807, 2.05) is 6.92 Å². The molecule has 0 saturated carbocycles. The summed E-state index contributed by atoms with van der Waals surface area (Å²) in [5.74, 6) is 1.27. The zero-order valence-corrected chi connectivity index (χ0v) is 9.47. The molecule has 0 aliphatic heterocycles. The number of terminal acetylenes is 1. The molecule has 1 N–H and O–H groups in total. The number of carboxylic acids is 1. The molecule has 1 aromatic rings. The standard InChI is InChI=1S/C12H13NO4/c1-3-6-13(8-11(14)15)12(16)9-5-7-17-10(9)4-2/h1,5,7H,4,6,8H2,2H3,(H,14,15). The first kappa shape index (κ1) is 12.8. The maximum Gasteiger partial charge on any atom is 0.323 e. The highest BCUT2D eigenvalue weighted by atomic mass is 16.4. The molecule has 0 spiro atoms. The highest BCUT2D eigenvalue weighted by molar-refractivity contribution is 5.96. The Morgan fingerprint density at radius 2 is 2.29 bits per heavy atom. The molecule has 17 heavy (non-hydrogen) atoms. The summed E-state index contributed by atoms with van der Waals surface area (Å²) < 4.78 is 5.12. The monoisotopic (exact) mass is 235 g/mol. The molecule has 0 radical (unpaired) electrons. The average Bonchev–Trinajstić information content (AvgIpc) is 2.74. The second-order valence-corrected chi connectivity index (χ2v) is 3.37. The molecule has 5 nitrogen and oxygen atoms in total. The van der Waals surface area contributed by atoms with E-state index in [-0.39, 0.29) is 6.54 Å². The van der Waals surface area contributed by atoms with Crippen LogP contribution >= 0.6 is 0 Å². The summed E-state index contributed by atoms with van der Waals surface area (Å²) >= 11 is 0. The Kier molecular flexibility index (Phi) is 4.35. The molecule has 1 heterocycles. The molecule has 0 unspecified atom stereocenters. The van der Waals surface area contributed by atoms with Gasteiger partial charge in [-0.15, -0.1) is 6.42 Å². The van der Waals surface area contributed by atoms with E-state index in [0.29, 0.717) is 17.7 Å². The van der Waals surface area contributed by atoms with Crippen molar-refractivity contribution in [2.24, 2.45) is 0 Å². The van der Waals surface area contributed by atoms with Gasteiger partial charge in [0.25, 0.3) is 5.91 Å². The van der Waals surface area contributed by atoms with Gasteiger partial charge < -0.3 is 14.4 Å². The zero-order valence-electron chi connectivity index (χ0n) is 9.47. The van der Waals surface area contributed by atoms with Gasteiger partial charge in [0, 0.05) is 6.42 Å². The summed E-state index contributed by atoms with van der Waals surface area (Å²) in [6.07, 6.45) is 7.07. The SMILES string of the molecule is C#CCN(CC(=O)O)C(=O)c1ccoc1CC. The van der Waals surface area contributed by atoms with Gasteiger partial charge in [-0.25, -0.2) is 0 Å². The predicted molar refractivity (Wildman–Crippen MR) is 60.5 cm³/mol. The van der Waals surface area contributed by atoms with Gasteiger partial charge in [-0.1, -0.05) is 12.8 Å². The van der Waals surface area contributed by atoms with Crippen LogP contribution in [0.1, 0.15) is 23.0 Å². The fraction of sp³-hybridized carbons (Fsp3) is 0.333. The molecular formula is C12H13NO4. The quantitative estimate of drug-likeness (QED) is 0.773. The minimum absolute atomic E-state index is 0.0422. The Morgan fingerprint density at radius 3 is 2.82 bits per heavy atom. The Labute approximate surface area is 99.0 Å². The molecule has 5 heteroatoms. The maximum absolute atomic E-state index is 12.0. The third-order valence-corrected chi connectivity index (χ3v) is 2.19. The normalized spacial score (nSPS) is 9.65. The number of aryl methyl sites for hydroxylation is 1. The van der Waals surface area contributed by atoms with E-state index in [0.717, 1.165) is 4.90 Å². The van der Waals surface area contributed by atoms with E-state index in [1.54, 1.807) is 0 Å². The maximum atomic E-state index is 12.0. The first-order chi connectivity index (χ1) is 8.10. The third kappa shape index (κ3) is 3.11. The second kappa shape index (κ2) is 5.75. The molecule has 0 fully saturated rings. The van der Waals surface area contributed by atoms with Crippen LogP contribution in [0.5, 0.6) is 0 Å². The highest BCUT2D eigenvalue weighted by Gasteiger charge is 2.21. The van der Waals surface area contributed by atoms with Gasteiger partial charge in [-0.2, -0.15) is 0 Å². The molecule has 90 valence electrons. The van der Waals surface area contributed by atoms with Crippen molar-refractivity contribution in [3.8, 4) is 12.3 Å². The van der Waals surface area contributed by atoms with E-state index >= 15 is 0 Å². The number of rotatable bonds is 5. The first-order valence-corrected chi connectivity index (χ1v) is 5.11. The number of hydrogen-bond acceptors (Lipinski definition) is 3.